The Morgan fingerprint density at radius 2 is 1.78 bits per heavy atom. The Morgan fingerprint density at radius 3 is 2.53 bits per heavy atom. The van der Waals surface area contributed by atoms with E-state index in [1.807, 2.05) is 30.3 Å². The summed E-state index contributed by atoms with van der Waals surface area (Å²) in [5.74, 6) is 0.00275. The van der Waals surface area contributed by atoms with Crippen LogP contribution in [0.4, 0.5) is 0 Å². The van der Waals surface area contributed by atoms with E-state index in [-0.39, 0.29) is 12.4 Å². The van der Waals surface area contributed by atoms with Crippen molar-refractivity contribution in [1.82, 2.24) is 5.43 Å². The topological polar surface area (TPSA) is 63.8 Å². The Kier molecular flexibility index (Phi) is 7.06. The number of hydrazone groups is 1. The Balaban J connectivity index is 1.42. The molecule has 0 atom stereocenters. The van der Waals surface area contributed by atoms with E-state index in [0.717, 1.165) is 15.4 Å². The number of halogens is 4. The largest absolute Gasteiger partial charge is 0.486 e. The van der Waals surface area contributed by atoms with Crippen molar-refractivity contribution in [2.75, 3.05) is 0 Å². The van der Waals surface area contributed by atoms with Crippen molar-refractivity contribution in [3.8, 4) is 5.75 Å². The molecule has 0 saturated heterocycles. The fraction of sp³-hybridized carbons (Fsp3) is 0.0435. The average Bonchev–Trinajstić information content (AvgIpc) is 3.17. The zero-order chi connectivity index (χ0) is 22.7. The van der Waals surface area contributed by atoms with Crippen molar-refractivity contribution in [2.45, 2.75) is 6.61 Å². The van der Waals surface area contributed by atoms with E-state index in [1.54, 1.807) is 30.3 Å². The van der Waals surface area contributed by atoms with Gasteiger partial charge in [-0.15, -0.1) is 0 Å². The molecule has 5 nitrogen and oxygen atoms in total. The fourth-order valence-electron chi connectivity index (χ4n) is 2.90. The lowest BCUT2D eigenvalue weighted by atomic mass is 10.2. The van der Waals surface area contributed by atoms with Crippen LogP contribution >= 0.6 is 50.7 Å². The first kappa shape index (κ1) is 22.7. The lowest BCUT2D eigenvalue weighted by Crippen LogP contribution is -2.16. The second-order valence-corrected chi connectivity index (χ2v) is 8.82. The third-order valence-corrected chi connectivity index (χ3v) is 5.86. The molecule has 4 rings (SSSR count). The highest BCUT2D eigenvalue weighted by Gasteiger charge is 2.13. The Hall–Kier alpha value is -2.51. The van der Waals surface area contributed by atoms with Gasteiger partial charge in [0.2, 0.25) is 0 Å². The van der Waals surface area contributed by atoms with Crippen molar-refractivity contribution in [3.63, 3.8) is 0 Å². The van der Waals surface area contributed by atoms with Crippen LogP contribution in [-0.4, -0.2) is 12.1 Å². The van der Waals surface area contributed by atoms with E-state index >= 15 is 0 Å². The molecule has 0 aliphatic heterocycles. The Bertz CT molecular complexity index is 1310. The molecule has 1 aromatic heterocycles. The molecule has 0 spiro atoms. The van der Waals surface area contributed by atoms with Crippen LogP contribution in [0.15, 0.2) is 74.7 Å². The smallest absolute Gasteiger partial charge is 0.307 e. The predicted molar refractivity (Wildman–Crippen MR) is 131 cm³/mol. The standard InChI is InChI=1S/C23H14BrCl3N2O3/c24-16-5-6-20-15(9-16)10-21(32-20)23(30)29-28-11-13-7-18(26)22(19(27)8-13)31-12-14-3-1-2-4-17(14)25/h1-11H,12H2,(H,29,30)/b28-11+. The van der Waals surface area contributed by atoms with Gasteiger partial charge in [0.1, 0.15) is 12.2 Å². The van der Waals surface area contributed by atoms with Gasteiger partial charge in [-0.25, -0.2) is 5.43 Å². The van der Waals surface area contributed by atoms with Gasteiger partial charge in [0.05, 0.1) is 16.3 Å². The number of benzene rings is 3. The first-order chi connectivity index (χ1) is 15.4. The highest BCUT2D eigenvalue weighted by atomic mass is 79.9. The molecule has 1 amide bonds. The summed E-state index contributed by atoms with van der Waals surface area (Å²) in [6.45, 7) is 0.219. The number of hydrogen-bond acceptors (Lipinski definition) is 4. The SMILES string of the molecule is O=C(N/N=C/c1cc(Cl)c(OCc2ccccc2Cl)c(Cl)c1)c1cc2cc(Br)ccc2o1. The molecule has 162 valence electrons. The third-order valence-electron chi connectivity index (χ3n) is 4.43. The lowest BCUT2D eigenvalue weighted by Gasteiger charge is -2.11. The fourth-order valence-corrected chi connectivity index (χ4v) is 4.09. The summed E-state index contributed by atoms with van der Waals surface area (Å²) in [5.41, 5.74) is 4.42. The van der Waals surface area contributed by atoms with Crippen LogP contribution in [0.3, 0.4) is 0 Å². The van der Waals surface area contributed by atoms with Gasteiger partial charge in [-0.3, -0.25) is 4.79 Å². The monoisotopic (exact) mass is 550 g/mol. The number of carbonyl (C=O) groups excluding carboxylic acids is 1. The molecular formula is C23H14BrCl3N2O3. The minimum atomic E-state index is -0.481. The highest BCUT2D eigenvalue weighted by molar-refractivity contribution is 9.10. The molecule has 0 radical (unpaired) electrons. The number of rotatable bonds is 6. The molecule has 0 unspecified atom stereocenters. The Labute approximate surface area is 207 Å². The summed E-state index contributed by atoms with van der Waals surface area (Å²) in [4.78, 5) is 12.3. The maximum Gasteiger partial charge on any atom is 0.307 e. The molecule has 0 fully saturated rings. The van der Waals surface area contributed by atoms with E-state index < -0.39 is 5.91 Å². The van der Waals surface area contributed by atoms with Gasteiger partial charge < -0.3 is 9.15 Å². The minimum Gasteiger partial charge on any atom is -0.486 e. The summed E-state index contributed by atoms with van der Waals surface area (Å²) in [6.07, 6.45) is 1.42. The van der Waals surface area contributed by atoms with E-state index in [2.05, 4.69) is 26.5 Å². The molecule has 4 aromatic rings. The number of amides is 1. The van der Waals surface area contributed by atoms with Crippen molar-refractivity contribution in [3.05, 3.63) is 97.1 Å². The molecule has 0 saturated carbocycles. The first-order valence-corrected chi connectivity index (χ1v) is 11.2. The normalized spacial score (nSPS) is 11.2. The van der Waals surface area contributed by atoms with Crippen molar-refractivity contribution in [1.29, 1.82) is 0 Å². The van der Waals surface area contributed by atoms with Crippen molar-refractivity contribution < 1.29 is 13.9 Å². The lowest BCUT2D eigenvalue weighted by molar-refractivity contribution is 0.0929. The zero-order valence-corrected chi connectivity index (χ0v) is 20.1. The number of hydrogen-bond donors (Lipinski definition) is 1. The van der Waals surface area contributed by atoms with Gasteiger partial charge in [0.25, 0.3) is 0 Å². The van der Waals surface area contributed by atoms with Crippen LogP contribution < -0.4 is 10.2 Å². The van der Waals surface area contributed by atoms with Gasteiger partial charge in [-0.05, 0) is 48.0 Å². The van der Waals surface area contributed by atoms with Crippen LogP contribution in [-0.2, 0) is 6.61 Å². The quantitative estimate of drug-likeness (QED) is 0.199. The summed E-state index contributed by atoms with van der Waals surface area (Å²) in [7, 11) is 0. The van der Waals surface area contributed by atoms with Crippen molar-refractivity contribution in [2.24, 2.45) is 5.10 Å². The number of ether oxygens (including phenoxy) is 1. The summed E-state index contributed by atoms with van der Waals surface area (Å²) in [5, 5.41) is 5.96. The summed E-state index contributed by atoms with van der Waals surface area (Å²) >= 11 is 22.2. The molecule has 0 aliphatic rings. The number of nitrogens with zero attached hydrogens (tertiary/aromatic N) is 1. The second kappa shape index (κ2) is 9.96. The van der Waals surface area contributed by atoms with E-state index in [0.29, 0.717) is 32.0 Å². The molecule has 9 heteroatoms. The zero-order valence-electron chi connectivity index (χ0n) is 16.2. The van der Waals surface area contributed by atoms with E-state index in [1.165, 1.54) is 6.21 Å². The average molecular weight is 553 g/mol. The van der Waals surface area contributed by atoms with Gasteiger partial charge in [0.15, 0.2) is 11.5 Å². The molecule has 1 N–H and O–H groups in total. The predicted octanol–water partition coefficient (Wildman–Crippen LogP) is 7.50. The molecule has 3 aromatic carbocycles. The maximum absolute atomic E-state index is 12.3. The summed E-state index contributed by atoms with van der Waals surface area (Å²) in [6, 6.07) is 17.7. The van der Waals surface area contributed by atoms with Gasteiger partial charge in [0, 0.05) is 20.4 Å². The number of carbonyl (C=O) groups is 1. The minimum absolute atomic E-state index is 0.148. The number of fused-ring (bicyclic) bond motifs is 1. The van der Waals surface area contributed by atoms with E-state index in [9.17, 15) is 4.79 Å². The Morgan fingerprint density at radius 1 is 1.03 bits per heavy atom. The molecule has 1 heterocycles. The second-order valence-electron chi connectivity index (χ2n) is 6.69. The molecular weight excluding hydrogens is 539 g/mol. The van der Waals surface area contributed by atoms with Crippen LogP contribution in [0.5, 0.6) is 5.75 Å². The van der Waals surface area contributed by atoms with Gasteiger partial charge in [-0.1, -0.05) is 68.9 Å². The van der Waals surface area contributed by atoms with Crippen LogP contribution in [0.1, 0.15) is 21.7 Å². The van der Waals surface area contributed by atoms with Crippen molar-refractivity contribution >= 4 is 73.8 Å². The number of nitrogens with one attached hydrogen (secondary N) is 1. The van der Waals surface area contributed by atoms with E-state index in [4.69, 9.17) is 44.0 Å². The summed E-state index contributed by atoms with van der Waals surface area (Å²) < 4.78 is 12.2. The molecule has 32 heavy (non-hydrogen) atoms. The molecule has 0 bridgehead atoms. The van der Waals surface area contributed by atoms with Crippen LogP contribution in [0.2, 0.25) is 15.1 Å². The van der Waals surface area contributed by atoms with Crippen LogP contribution in [0.25, 0.3) is 11.0 Å². The first-order valence-electron chi connectivity index (χ1n) is 9.28. The molecule has 0 aliphatic carbocycles. The van der Waals surface area contributed by atoms with Gasteiger partial charge >= 0.3 is 5.91 Å². The third kappa shape index (κ3) is 5.27. The van der Waals surface area contributed by atoms with Crippen LogP contribution in [0, 0.1) is 0 Å². The maximum atomic E-state index is 12.3. The highest BCUT2D eigenvalue weighted by Crippen LogP contribution is 2.35. The van der Waals surface area contributed by atoms with Gasteiger partial charge in [-0.2, -0.15) is 5.10 Å². The number of furan rings is 1.